The molecular weight excluding hydrogens is 217 g/mol. The zero-order valence-corrected chi connectivity index (χ0v) is 9.78. The van der Waals surface area contributed by atoms with Crippen molar-refractivity contribution in [1.29, 1.82) is 0 Å². The summed E-state index contributed by atoms with van der Waals surface area (Å²) in [7, 11) is 0. The molecule has 2 nitrogen and oxygen atoms in total. The topological polar surface area (TPSA) is 28.7 Å². The van der Waals surface area contributed by atoms with Gasteiger partial charge in [0.25, 0.3) is 0 Å². The molecule has 0 aliphatic carbocycles. The fourth-order valence-electron chi connectivity index (χ4n) is 1.77. The zero-order valence-electron chi connectivity index (χ0n) is 9.78. The molecule has 92 valence electrons. The maximum absolute atomic E-state index is 12.7. The summed E-state index contributed by atoms with van der Waals surface area (Å²) in [5.41, 5.74) is -0.949. The van der Waals surface area contributed by atoms with Crippen LogP contribution in [0.5, 0.6) is 0 Å². The van der Waals surface area contributed by atoms with E-state index in [4.69, 9.17) is 0 Å². The second-order valence-corrected chi connectivity index (χ2v) is 4.64. The molecule has 0 aliphatic heterocycles. The van der Waals surface area contributed by atoms with Crippen LogP contribution in [0.3, 0.4) is 0 Å². The number of nitrogens with zero attached hydrogens (tertiary/aromatic N) is 1. The largest absolute Gasteiger partial charge is 0.433 e. The van der Waals surface area contributed by atoms with Crippen molar-refractivity contribution in [1.82, 2.24) is 10.2 Å². The molecule has 0 fully saturated rings. The van der Waals surface area contributed by atoms with Gasteiger partial charge in [-0.2, -0.15) is 18.3 Å². The van der Waals surface area contributed by atoms with Crippen LogP contribution in [0.15, 0.2) is 6.20 Å². The van der Waals surface area contributed by atoms with E-state index in [-0.39, 0.29) is 5.56 Å². The minimum atomic E-state index is -4.35. The summed E-state index contributed by atoms with van der Waals surface area (Å²) in [6, 6.07) is 0. The number of hydrogen-bond acceptors (Lipinski definition) is 1. The summed E-state index contributed by atoms with van der Waals surface area (Å²) in [4.78, 5) is 0. The molecule has 0 saturated heterocycles. The van der Waals surface area contributed by atoms with Gasteiger partial charge in [-0.05, 0) is 11.8 Å². The van der Waals surface area contributed by atoms with Gasteiger partial charge in [-0.25, -0.2) is 0 Å². The molecule has 0 radical (unpaired) electrons. The van der Waals surface area contributed by atoms with Gasteiger partial charge in [-0.15, -0.1) is 0 Å². The monoisotopic (exact) mass is 234 g/mol. The lowest BCUT2D eigenvalue weighted by molar-refractivity contribution is -0.142. The fraction of sp³-hybridized carbons (Fsp3) is 0.727. The van der Waals surface area contributed by atoms with E-state index in [0.717, 1.165) is 19.3 Å². The molecular formula is C11H17F3N2. The predicted octanol–water partition coefficient (Wildman–Crippen LogP) is 3.90. The number of hydrogen-bond donors (Lipinski definition) is 1. The van der Waals surface area contributed by atoms with Gasteiger partial charge in [0.1, 0.15) is 5.69 Å². The van der Waals surface area contributed by atoms with Crippen molar-refractivity contribution in [3.05, 3.63) is 17.5 Å². The lowest BCUT2D eigenvalue weighted by atomic mass is 9.80. The lowest BCUT2D eigenvalue weighted by Gasteiger charge is -2.25. The van der Waals surface area contributed by atoms with Crippen LogP contribution in [0.1, 0.15) is 51.3 Å². The Balaban J connectivity index is 2.99. The first-order valence-electron chi connectivity index (χ1n) is 5.40. The van der Waals surface area contributed by atoms with Crippen LogP contribution in [-0.4, -0.2) is 10.2 Å². The molecule has 0 amide bonds. The Kier molecular flexibility index (Phi) is 3.65. The highest BCUT2D eigenvalue weighted by Crippen LogP contribution is 2.38. The van der Waals surface area contributed by atoms with Crippen LogP contribution < -0.4 is 0 Å². The van der Waals surface area contributed by atoms with Crippen molar-refractivity contribution >= 4 is 0 Å². The van der Waals surface area contributed by atoms with Crippen molar-refractivity contribution < 1.29 is 13.2 Å². The molecule has 0 atom stereocenters. The number of aromatic amines is 1. The summed E-state index contributed by atoms with van der Waals surface area (Å²) in [6.45, 7) is 5.67. The number of alkyl halides is 3. The number of aromatic nitrogens is 2. The van der Waals surface area contributed by atoms with Crippen molar-refractivity contribution in [2.45, 2.75) is 51.6 Å². The average Bonchev–Trinajstić information content (AvgIpc) is 2.63. The Morgan fingerprint density at radius 3 is 2.44 bits per heavy atom. The van der Waals surface area contributed by atoms with E-state index < -0.39 is 17.3 Å². The Bertz CT molecular complexity index is 339. The molecule has 0 unspecified atom stereocenters. The molecule has 0 spiro atoms. The van der Waals surface area contributed by atoms with Crippen LogP contribution >= 0.6 is 0 Å². The lowest BCUT2D eigenvalue weighted by Crippen LogP contribution is -2.21. The Morgan fingerprint density at radius 2 is 1.94 bits per heavy atom. The van der Waals surface area contributed by atoms with Gasteiger partial charge in [0.05, 0.1) is 6.20 Å². The minimum Gasteiger partial charge on any atom is -0.273 e. The van der Waals surface area contributed by atoms with Crippen LogP contribution in [0, 0.1) is 0 Å². The first-order chi connectivity index (χ1) is 7.29. The third kappa shape index (κ3) is 2.77. The van der Waals surface area contributed by atoms with E-state index >= 15 is 0 Å². The zero-order chi connectivity index (χ0) is 12.4. The maximum atomic E-state index is 12.7. The third-order valence-corrected chi connectivity index (χ3v) is 2.81. The van der Waals surface area contributed by atoms with Gasteiger partial charge in [0.15, 0.2) is 0 Å². The molecule has 0 aromatic carbocycles. The highest BCUT2D eigenvalue weighted by atomic mass is 19.4. The molecule has 1 heterocycles. The highest BCUT2D eigenvalue weighted by Gasteiger charge is 2.39. The van der Waals surface area contributed by atoms with Crippen LogP contribution in [-0.2, 0) is 11.6 Å². The van der Waals surface area contributed by atoms with Crippen LogP contribution in [0.4, 0.5) is 13.2 Å². The van der Waals surface area contributed by atoms with E-state index in [1.165, 1.54) is 6.20 Å². The highest BCUT2D eigenvalue weighted by molar-refractivity contribution is 5.27. The molecule has 5 heteroatoms. The van der Waals surface area contributed by atoms with Gasteiger partial charge < -0.3 is 0 Å². The molecule has 1 aromatic rings. The van der Waals surface area contributed by atoms with Crippen molar-refractivity contribution in [2.24, 2.45) is 0 Å². The first-order valence-corrected chi connectivity index (χ1v) is 5.40. The summed E-state index contributed by atoms with van der Waals surface area (Å²) < 4.78 is 38.0. The molecule has 0 saturated carbocycles. The molecule has 0 aliphatic rings. The maximum Gasteiger partial charge on any atom is 0.433 e. The standard InChI is InChI=1S/C11H17F3N2/c1-4-5-6-10(2,3)8-7-15-16-9(8)11(12,13)14/h7H,4-6H2,1-3H3,(H,15,16). The summed E-state index contributed by atoms with van der Waals surface area (Å²) in [5, 5.41) is 5.57. The van der Waals surface area contributed by atoms with Crippen molar-refractivity contribution in [3.8, 4) is 0 Å². The third-order valence-electron chi connectivity index (χ3n) is 2.81. The van der Waals surface area contributed by atoms with Gasteiger partial charge in [0.2, 0.25) is 0 Å². The Hall–Kier alpha value is -1.00. The minimum absolute atomic E-state index is 0.258. The second-order valence-electron chi connectivity index (χ2n) is 4.64. The fourth-order valence-corrected chi connectivity index (χ4v) is 1.77. The quantitative estimate of drug-likeness (QED) is 0.841. The van der Waals surface area contributed by atoms with E-state index in [2.05, 4.69) is 10.2 Å². The van der Waals surface area contributed by atoms with Gasteiger partial charge >= 0.3 is 6.18 Å². The molecule has 1 N–H and O–H groups in total. The number of unbranched alkanes of at least 4 members (excludes halogenated alkanes) is 1. The van der Waals surface area contributed by atoms with Gasteiger partial charge in [0, 0.05) is 5.56 Å². The second kappa shape index (κ2) is 4.47. The van der Waals surface area contributed by atoms with E-state index in [1.807, 2.05) is 20.8 Å². The number of rotatable bonds is 4. The smallest absolute Gasteiger partial charge is 0.273 e. The van der Waals surface area contributed by atoms with Gasteiger partial charge in [-0.3, -0.25) is 5.10 Å². The van der Waals surface area contributed by atoms with E-state index in [0.29, 0.717) is 0 Å². The normalized spacial score (nSPS) is 13.1. The summed E-state index contributed by atoms with van der Waals surface area (Å²) in [5.74, 6) is 0. The van der Waals surface area contributed by atoms with Crippen molar-refractivity contribution in [3.63, 3.8) is 0 Å². The van der Waals surface area contributed by atoms with Crippen molar-refractivity contribution in [2.75, 3.05) is 0 Å². The number of nitrogens with one attached hydrogen (secondary N) is 1. The molecule has 0 bridgehead atoms. The van der Waals surface area contributed by atoms with Crippen LogP contribution in [0.2, 0.25) is 0 Å². The molecule has 1 aromatic heterocycles. The first kappa shape index (κ1) is 13.1. The summed E-state index contributed by atoms with van der Waals surface area (Å²) in [6.07, 6.45) is -0.446. The van der Waals surface area contributed by atoms with Gasteiger partial charge in [-0.1, -0.05) is 33.6 Å². The molecule has 1 rings (SSSR count). The average molecular weight is 234 g/mol. The SMILES string of the molecule is CCCCC(C)(C)c1cn[nH]c1C(F)(F)F. The predicted molar refractivity (Wildman–Crippen MR) is 56.1 cm³/mol. The number of halogens is 3. The van der Waals surface area contributed by atoms with E-state index in [1.54, 1.807) is 0 Å². The molecule has 16 heavy (non-hydrogen) atoms. The summed E-state index contributed by atoms with van der Waals surface area (Å²) >= 11 is 0. The van der Waals surface area contributed by atoms with E-state index in [9.17, 15) is 13.2 Å². The Morgan fingerprint density at radius 1 is 1.31 bits per heavy atom. The number of H-pyrrole nitrogens is 1. The Labute approximate surface area is 93.2 Å². The van der Waals surface area contributed by atoms with Crippen LogP contribution in [0.25, 0.3) is 0 Å².